The molecule has 2 rings (SSSR count). The van der Waals surface area contributed by atoms with E-state index in [1.165, 1.54) is 12.1 Å². The van der Waals surface area contributed by atoms with Crippen LogP contribution in [-0.4, -0.2) is 16.7 Å². The number of hydrogen-bond acceptors (Lipinski definition) is 2. The van der Waals surface area contributed by atoms with Crippen molar-refractivity contribution in [2.24, 2.45) is 0 Å². The topological polar surface area (TPSA) is 46.5 Å². The maximum absolute atomic E-state index is 12.9. The number of aliphatic carboxylic acids is 1. The molecule has 17 heavy (non-hydrogen) atoms. The maximum atomic E-state index is 12.9. The molecule has 3 nitrogen and oxygen atoms in total. The van der Waals surface area contributed by atoms with Crippen LogP contribution in [0.25, 0.3) is 0 Å². The van der Waals surface area contributed by atoms with Crippen LogP contribution in [0, 0.1) is 5.82 Å². The lowest BCUT2D eigenvalue weighted by Gasteiger charge is -2.41. The average molecular weight is 259 g/mol. The van der Waals surface area contributed by atoms with Gasteiger partial charge in [0.05, 0.1) is 11.4 Å². The normalized spacial score (nSPS) is 17.3. The summed E-state index contributed by atoms with van der Waals surface area (Å²) in [5.41, 5.74) is -0.673. The van der Waals surface area contributed by atoms with Gasteiger partial charge in [-0.05, 0) is 37.5 Å². The first kappa shape index (κ1) is 12.2. The number of ether oxygens (including phenoxy) is 1. The first-order valence-electron chi connectivity index (χ1n) is 5.37. The number of carbonyl (C=O) groups is 1. The van der Waals surface area contributed by atoms with Gasteiger partial charge in [0.1, 0.15) is 17.2 Å². The fourth-order valence-corrected chi connectivity index (χ4v) is 2.16. The lowest BCUT2D eigenvalue weighted by Crippen LogP contribution is -2.45. The Labute approximate surface area is 103 Å². The van der Waals surface area contributed by atoms with E-state index in [2.05, 4.69) is 0 Å². The summed E-state index contributed by atoms with van der Waals surface area (Å²) in [5.74, 6) is -1.000. The van der Waals surface area contributed by atoms with Crippen LogP contribution >= 0.6 is 11.6 Å². The molecule has 0 bridgehead atoms. The van der Waals surface area contributed by atoms with E-state index in [1.54, 1.807) is 0 Å². The predicted octanol–water partition coefficient (Wildman–Crippen LogP) is 3.26. The van der Waals surface area contributed by atoms with Crippen molar-refractivity contribution < 1.29 is 19.0 Å². The molecule has 0 radical (unpaired) electrons. The molecule has 1 saturated carbocycles. The van der Waals surface area contributed by atoms with Gasteiger partial charge in [-0.1, -0.05) is 11.6 Å². The van der Waals surface area contributed by atoms with E-state index in [4.69, 9.17) is 21.4 Å². The van der Waals surface area contributed by atoms with Gasteiger partial charge < -0.3 is 9.84 Å². The van der Waals surface area contributed by atoms with Gasteiger partial charge in [0.25, 0.3) is 0 Å². The van der Waals surface area contributed by atoms with Crippen LogP contribution in [0.2, 0.25) is 5.02 Å². The SMILES string of the molecule is O=C(O)CC1(Oc2ccc(F)cc2Cl)CCC1. The van der Waals surface area contributed by atoms with E-state index in [1.807, 2.05) is 0 Å². The summed E-state index contributed by atoms with van der Waals surface area (Å²) in [4.78, 5) is 10.8. The number of halogens is 2. The van der Waals surface area contributed by atoms with Crippen LogP contribution in [0.4, 0.5) is 4.39 Å². The molecule has 0 aromatic heterocycles. The standard InChI is InChI=1S/C12H12ClFO3/c13-9-6-8(14)2-3-10(9)17-12(4-1-5-12)7-11(15)16/h2-3,6H,1,4-5,7H2,(H,15,16). The smallest absolute Gasteiger partial charge is 0.307 e. The highest BCUT2D eigenvalue weighted by Gasteiger charge is 2.41. The molecule has 0 atom stereocenters. The van der Waals surface area contributed by atoms with Crippen LogP contribution in [0.5, 0.6) is 5.75 Å². The third-order valence-corrected chi connectivity index (χ3v) is 3.25. The molecule has 1 aliphatic carbocycles. The molecular formula is C12H12ClFO3. The first-order chi connectivity index (χ1) is 8.01. The van der Waals surface area contributed by atoms with Gasteiger partial charge in [0, 0.05) is 0 Å². The minimum atomic E-state index is -0.900. The van der Waals surface area contributed by atoms with Crippen molar-refractivity contribution >= 4 is 17.6 Å². The number of hydrogen-bond donors (Lipinski definition) is 1. The summed E-state index contributed by atoms with van der Waals surface area (Å²) >= 11 is 5.84. The lowest BCUT2D eigenvalue weighted by molar-refractivity contribution is -0.144. The van der Waals surface area contributed by atoms with Gasteiger partial charge in [0.15, 0.2) is 0 Å². The van der Waals surface area contributed by atoms with Crippen LogP contribution in [0.15, 0.2) is 18.2 Å². The van der Waals surface area contributed by atoms with Crippen molar-refractivity contribution in [1.82, 2.24) is 0 Å². The van der Waals surface area contributed by atoms with Crippen molar-refractivity contribution in [3.05, 3.63) is 29.0 Å². The lowest BCUT2D eigenvalue weighted by atomic mass is 9.77. The van der Waals surface area contributed by atoms with Crippen LogP contribution < -0.4 is 4.74 Å². The molecule has 1 aromatic rings. The van der Waals surface area contributed by atoms with Crippen molar-refractivity contribution in [2.45, 2.75) is 31.3 Å². The van der Waals surface area contributed by atoms with Gasteiger partial charge >= 0.3 is 5.97 Å². The van der Waals surface area contributed by atoms with Gasteiger partial charge in [-0.2, -0.15) is 0 Å². The zero-order chi connectivity index (χ0) is 12.5. The Morgan fingerprint density at radius 2 is 2.24 bits per heavy atom. The van der Waals surface area contributed by atoms with E-state index < -0.39 is 17.4 Å². The van der Waals surface area contributed by atoms with Crippen molar-refractivity contribution in [3.63, 3.8) is 0 Å². The van der Waals surface area contributed by atoms with Gasteiger partial charge in [-0.15, -0.1) is 0 Å². The van der Waals surface area contributed by atoms with Gasteiger partial charge in [-0.3, -0.25) is 4.79 Å². The largest absolute Gasteiger partial charge is 0.485 e. The second-order valence-corrected chi connectivity index (χ2v) is 4.69. The molecule has 1 fully saturated rings. The molecule has 1 aliphatic rings. The Hall–Kier alpha value is -1.29. The average Bonchev–Trinajstić information content (AvgIpc) is 2.18. The number of rotatable bonds is 4. The fourth-order valence-electron chi connectivity index (χ4n) is 1.95. The first-order valence-corrected chi connectivity index (χ1v) is 5.74. The molecule has 1 aromatic carbocycles. The Morgan fingerprint density at radius 3 is 2.71 bits per heavy atom. The highest BCUT2D eigenvalue weighted by Crippen LogP contribution is 2.41. The molecule has 0 spiro atoms. The van der Waals surface area contributed by atoms with Crippen LogP contribution in [-0.2, 0) is 4.79 Å². The summed E-state index contributed by atoms with van der Waals surface area (Å²) < 4.78 is 18.5. The monoisotopic (exact) mass is 258 g/mol. The molecular weight excluding hydrogens is 247 g/mol. The summed E-state index contributed by atoms with van der Waals surface area (Å²) in [6, 6.07) is 3.83. The Balaban J connectivity index is 2.15. The molecule has 1 N–H and O–H groups in total. The summed E-state index contributed by atoms with van der Waals surface area (Å²) in [7, 11) is 0. The second-order valence-electron chi connectivity index (χ2n) is 4.28. The third kappa shape index (κ3) is 2.69. The summed E-state index contributed by atoms with van der Waals surface area (Å²) in [6.07, 6.45) is 2.26. The third-order valence-electron chi connectivity index (χ3n) is 2.96. The van der Waals surface area contributed by atoms with Crippen molar-refractivity contribution in [3.8, 4) is 5.75 Å². The van der Waals surface area contributed by atoms with Crippen molar-refractivity contribution in [2.75, 3.05) is 0 Å². The number of carboxylic acid groups (broad SMARTS) is 1. The summed E-state index contributed by atoms with van der Waals surface area (Å²) in [5, 5.41) is 9.00. The number of benzene rings is 1. The number of carboxylic acids is 1. The molecule has 0 amide bonds. The Morgan fingerprint density at radius 1 is 1.53 bits per heavy atom. The quantitative estimate of drug-likeness (QED) is 0.902. The van der Waals surface area contributed by atoms with E-state index in [9.17, 15) is 9.18 Å². The highest BCUT2D eigenvalue weighted by molar-refractivity contribution is 6.32. The Bertz CT molecular complexity index is 443. The van der Waals surface area contributed by atoms with E-state index in [-0.39, 0.29) is 11.4 Å². The maximum Gasteiger partial charge on any atom is 0.307 e. The van der Waals surface area contributed by atoms with E-state index in [0.717, 1.165) is 12.5 Å². The van der Waals surface area contributed by atoms with Gasteiger partial charge in [0.2, 0.25) is 0 Å². The minimum absolute atomic E-state index is 0.0549. The second kappa shape index (κ2) is 4.53. The molecule has 92 valence electrons. The van der Waals surface area contributed by atoms with Crippen LogP contribution in [0.3, 0.4) is 0 Å². The predicted molar refractivity (Wildman–Crippen MR) is 60.9 cm³/mol. The van der Waals surface area contributed by atoms with E-state index >= 15 is 0 Å². The molecule has 0 saturated heterocycles. The Kier molecular flexibility index (Phi) is 3.24. The fraction of sp³-hybridized carbons (Fsp3) is 0.417. The van der Waals surface area contributed by atoms with Crippen LogP contribution in [0.1, 0.15) is 25.7 Å². The van der Waals surface area contributed by atoms with Crippen molar-refractivity contribution in [1.29, 1.82) is 0 Å². The van der Waals surface area contributed by atoms with Gasteiger partial charge in [-0.25, -0.2) is 4.39 Å². The minimum Gasteiger partial charge on any atom is -0.485 e. The summed E-state index contributed by atoms with van der Waals surface area (Å²) in [6.45, 7) is 0. The molecule has 5 heteroatoms. The molecule has 0 aliphatic heterocycles. The van der Waals surface area contributed by atoms with E-state index in [0.29, 0.717) is 18.6 Å². The zero-order valence-electron chi connectivity index (χ0n) is 9.08. The zero-order valence-corrected chi connectivity index (χ0v) is 9.84. The molecule has 0 unspecified atom stereocenters. The molecule has 0 heterocycles. The highest BCUT2D eigenvalue weighted by atomic mass is 35.5.